The Morgan fingerprint density at radius 2 is 2.24 bits per heavy atom. The number of hydrogen-bond acceptors (Lipinski definition) is 3. The van der Waals surface area contributed by atoms with Crippen LogP contribution in [0.5, 0.6) is 0 Å². The predicted octanol–water partition coefficient (Wildman–Crippen LogP) is 2.59. The van der Waals surface area contributed by atoms with Gasteiger partial charge in [-0.25, -0.2) is 0 Å². The molecule has 0 aromatic heterocycles. The highest BCUT2D eigenvalue weighted by Gasteiger charge is 2.29. The monoisotopic (exact) mass is 256 g/mol. The fraction of sp³-hybridized carbons (Fsp3) is 1.00. The summed E-state index contributed by atoms with van der Waals surface area (Å²) in [6, 6.07) is 1.59. The molecule has 0 aromatic rings. The number of nitrogens with one attached hydrogen (secondary N) is 1. The minimum atomic E-state index is 0.759. The number of nitrogens with zero attached hydrogens (tertiary/aromatic N) is 1. The smallest absolute Gasteiger partial charge is 0.0197 e. The SMILES string of the molecule is CC(C)CN(CC1CCCN1)C1CSC(C)C1. The molecule has 0 amide bonds. The van der Waals surface area contributed by atoms with Gasteiger partial charge in [0.15, 0.2) is 0 Å². The maximum Gasteiger partial charge on any atom is 0.0197 e. The Morgan fingerprint density at radius 1 is 1.41 bits per heavy atom. The second-order valence-corrected chi connectivity index (χ2v) is 7.65. The third-order valence-electron chi connectivity index (χ3n) is 3.91. The summed E-state index contributed by atoms with van der Waals surface area (Å²) in [5.41, 5.74) is 0. The molecule has 2 aliphatic rings. The zero-order chi connectivity index (χ0) is 12.3. The van der Waals surface area contributed by atoms with Crippen LogP contribution in [-0.2, 0) is 0 Å². The van der Waals surface area contributed by atoms with Crippen molar-refractivity contribution in [2.45, 2.75) is 57.4 Å². The quantitative estimate of drug-likeness (QED) is 0.814. The summed E-state index contributed by atoms with van der Waals surface area (Å²) in [4.78, 5) is 2.77. The van der Waals surface area contributed by atoms with Crippen molar-refractivity contribution in [3.8, 4) is 0 Å². The van der Waals surface area contributed by atoms with E-state index in [-0.39, 0.29) is 0 Å². The highest BCUT2D eigenvalue weighted by molar-refractivity contribution is 8.00. The Hall–Kier alpha value is 0.270. The van der Waals surface area contributed by atoms with Crippen LogP contribution in [0.15, 0.2) is 0 Å². The number of thioether (sulfide) groups is 1. The van der Waals surface area contributed by atoms with E-state index in [4.69, 9.17) is 0 Å². The summed E-state index contributed by atoms with van der Waals surface area (Å²) in [6.07, 6.45) is 4.14. The minimum absolute atomic E-state index is 0.759. The lowest BCUT2D eigenvalue weighted by atomic mass is 10.1. The highest BCUT2D eigenvalue weighted by atomic mass is 32.2. The Labute approximate surface area is 111 Å². The molecule has 17 heavy (non-hydrogen) atoms. The van der Waals surface area contributed by atoms with Crippen LogP contribution in [0.2, 0.25) is 0 Å². The van der Waals surface area contributed by atoms with Crippen molar-refractivity contribution in [2.75, 3.05) is 25.4 Å². The van der Waals surface area contributed by atoms with Gasteiger partial charge in [0.1, 0.15) is 0 Å². The molecule has 3 heteroatoms. The van der Waals surface area contributed by atoms with Crippen LogP contribution in [-0.4, -0.2) is 47.6 Å². The summed E-state index contributed by atoms with van der Waals surface area (Å²) in [5.74, 6) is 2.14. The third kappa shape index (κ3) is 4.15. The molecule has 3 atom stereocenters. The van der Waals surface area contributed by atoms with Gasteiger partial charge in [0.2, 0.25) is 0 Å². The van der Waals surface area contributed by atoms with Crippen LogP contribution < -0.4 is 5.32 Å². The first-order valence-electron chi connectivity index (χ1n) is 7.24. The molecular weight excluding hydrogens is 228 g/mol. The van der Waals surface area contributed by atoms with Crippen molar-refractivity contribution in [1.29, 1.82) is 0 Å². The van der Waals surface area contributed by atoms with Crippen molar-refractivity contribution < 1.29 is 0 Å². The van der Waals surface area contributed by atoms with Gasteiger partial charge in [-0.1, -0.05) is 20.8 Å². The van der Waals surface area contributed by atoms with Gasteiger partial charge in [-0.2, -0.15) is 11.8 Å². The molecular formula is C14H28N2S. The van der Waals surface area contributed by atoms with Crippen LogP contribution in [0.25, 0.3) is 0 Å². The molecule has 3 unspecified atom stereocenters. The van der Waals surface area contributed by atoms with E-state index in [0.29, 0.717) is 0 Å². The molecule has 0 spiro atoms. The molecule has 0 saturated carbocycles. The van der Waals surface area contributed by atoms with Gasteiger partial charge in [0.05, 0.1) is 0 Å². The number of rotatable bonds is 5. The summed E-state index contributed by atoms with van der Waals surface area (Å²) in [7, 11) is 0. The standard InChI is InChI=1S/C14H28N2S/c1-11(2)8-16(9-13-5-4-6-15-13)14-7-12(3)17-10-14/h11-15H,4-10H2,1-3H3. The van der Waals surface area contributed by atoms with E-state index in [0.717, 1.165) is 23.3 Å². The van der Waals surface area contributed by atoms with Crippen LogP contribution in [0, 0.1) is 5.92 Å². The fourth-order valence-electron chi connectivity index (χ4n) is 3.09. The fourth-order valence-corrected chi connectivity index (χ4v) is 4.34. The van der Waals surface area contributed by atoms with E-state index < -0.39 is 0 Å². The van der Waals surface area contributed by atoms with Gasteiger partial charge in [0.25, 0.3) is 0 Å². The summed E-state index contributed by atoms with van der Waals surface area (Å²) in [5, 5.41) is 4.51. The first kappa shape index (κ1) is 13.7. The first-order chi connectivity index (χ1) is 8.15. The van der Waals surface area contributed by atoms with Gasteiger partial charge < -0.3 is 5.32 Å². The van der Waals surface area contributed by atoms with Crippen molar-refractivity contribution in [1.82, 2.24) is 10.2 Å². The predicted molar refractivity (Wildman–Crippen MR) is 77.8 cm³/mol. The van der Waals surface area contributed by atoms with Gasteiger partial charge in [-0.15, -0.1) is 0 Å². The van der Waals surface area contributed by atoms with E-state index in [9.17, 15) is 0 Å². The molecule has 2 nitrogen and oxygen atoms in total. The van der Waals surface area contributed by atoms with Crippen molar-refractivity contribution in [3.05, 3.63) is 0 Å². The molecule has 2 saturated heterocycles. The van der Waals surface area contributed by atoms with Crippen LogP contribution in [0.4, 0.5) is 0 Å². The van der Waals surface area contributed by atoms with Crippen LogP contribution in [0.1, 0.15) is 40.0 Å². The molecule has 100 valence electrons. The van der Waals surface area contributed by atoms with Crippen LogP contribution >= 0.6 is 11.8 Å². The maximum atomic E-state index is 3.65. The molecule has 2 rings (SSSR count). The van der Waals surface area contributed by atoms with E-state index in [1.54, 1.807) is 0 Å². The minimum Gasteiger partial charge on any atom is -0.313 e. The van der Waals surface area contributed by atoms with Gasteiger partial charge in [-0.05, 0) is 31.7 Å². The van der Waals surface area contributed by atoms with E-state index >= 15 is 0 Å². The Morgan fingerprint density at radius 3 is 2.76 bits per heavy atom. The largest absolute Gasteiger partial charge is 0.313 e. The average Bonchev–Trinajstić information content (AvgIpc) is 2.87. The molecule has 0 bridgehead atoms. The Kier molecular flexibility index (Phi) is 5.19. The lowest BCUT2D eigenvalue weighted by Crippen LogP contribution is -2.45. The zero-order valence-corrected chi connectivity index (χ0v) is 12.4. The maximum absolute atomic E-state index is 3.65. The van der Waals surface area contributed by atoms with Crippen molar-refractivity contribution in [3.63, 3.8) is 0 Å². The van der Waals surface area contributed by atoms with Gasteiger partial charge in [0, 0.05) is 36.2 Å². The topological polar surface area (TPSA) is 15.3 Å². The van der Waals surface area contributed by atoms with E-state index in [1.807, 2.05) is 0 Å². The Bertz CT molecular complexity index is 226. The van der Waals surface area contributed by atoms with Crippen LogP contribution in [0.3, 0.4) is 0 Å². The molecule has 0 aromatic carbocycles. The third-order valence-corrected chi connectivity index (χ3v) is 5.25. The lowest BCUT2D eigenvalue weighted by molar-refractivity contribution is 0.171. The van der Waals surface area contributed by atoms with Crippen molar-refractivity contribution >= 4 is 11.8 Å². The lowest BCUT2D eigenvalue weighted by Gasteiger charge is -2.32. The summed E-state index contributed by atoms with van der Waals surface area (Å²) >= 11 is 2.16. The Balaban J connectivity index is 1.87. The summed E-state index contributed by atoms with van der Waals surface area (Å²) < 4.78 is 0. The molecule has 2 heterocycles. The van der Waals surface area contributed by atoms with Gasteiger partial charge in [-0.3, -0.25) is 4.90 Å². The molecule has 0 radical (unpaired) electrons. The highest BCUT2D eigenvalue weighted by Crippen LogP contribution is 2.30. The molecule has 2 fully saturated rings. The second kappa shape index (κ2) is 6.44. The van der Waals surface area contributed by atoms with Crippen molar-refractivity contribution in [2.24, 2.45) is 5.92 Å². The molecule has 2 aliphatic heterocycles. The second-order valence-electron chi connectivity index (χ2n) is 6.17. The summed E-state index contributed by atoms with van der Waals surface area (Å²) in [6.45, 7) is 10.9. The first-order valence-corrected chi connectivity index (χ1v) is 8.29. The van der Waals surface area contributed by atoms with Gasteiger partial charge >= 0.3 is 0 Å². The van der Waals surface area contributed by atoms with E-state index in [2.05, 4.69) is 42.7 Å². The average molecular weight is 256 g/mol. The number of hydrogen-bond donors (Lipinski definition) is 1. The molecule has 0 aliphatic carbocycles. The van der Waals surface area contributed by atoms with E-state index in [1.165, 1.54) is 44.6 Å². The molecule has 1 N–H and O–H groups in total. The normalized spacial score (nSPS) is 34.1. The zero-order valence-electron chi connectivity index (χ0n) is 11.6.